The van der Waals surface area contributed by atoms with Crippen LogP contribution in [0, 0.1) is 10.1 Å². The summed E-state index contributed by atoms with van der Waals surface area (Å²) in [6, 6.07) is 12.2. The summed E-state index contributed by atoms with van der Waals surface area (Å²) in [5, 5.41) is 17.4. The summed E-state index contributed by atoms with van der Waals surface area (Å²) >= 11 is 6.02. The fourth-order valence-electron chi connectivity index (χ4n) is 2.12. The number of para-hydroxylation sites is 1. The molecule has 23 heavy (non-hydrogen) atoms. The van der Waals surface area contributed by atoms with Crippen LogP contribution in [0.4, 0.5) is 11.4 Å². The second-order valence-electron chi connectivity index (χ2n) is 4.84. The zero-order valence-electron chi connectivity index (χ0n) is 12.7. The Hall–Kier alpha value is -2.31. The second-order valence-corrected chi connectivity index (χ2v) is 5.24. The molecule has 0 spiro atoms. The average Bonchev–Trinajstić information content (AvgIpc) is 2.56. The average molecular weight is 336 g/mol. The second kappa shape index (κ2) is 8.36. The Morgan fingerprint density at radius 1 is 1.22 bits per heavy atom. The number of anilines is 1. The molecule has 0 saturated heterocycles. The number of nitro groups is 1. The van der Waals surface area contributed by atoms with Gasteiger partial charge < -0.3 is 15.4 Å². The zero-order chi connectivity index (χ0) is 16.7. The molecule has 0 aliphatic carbocycles. The van der Waals surface area contributed by atoms with Crippen molar-refractivity contribution >= 4 is 23.0 Å². The van der Waals surface area contributed by atoms with E-state index >= 15 is 0 Å². The number of benzene rings is 2. The maximum atomic E-state index is 10.7. The van der Waals surface area contributed by atoms with E-state index in [-0.39, 0.29) is 5.69 Å². The summed E-state index contributed by atoms with van der Waals surface area (Å²) in [5.41, 5.74) is 1.74. The van der Waals surface area contributed by atoms with E-state index in [2.05, 4.69) is 10.6 Å². The van der Waals surface area contributed by atoms with Gasteiger partial charge in [-0.05, 0) is 12.1 Å². The van der Waals surface area contributed by atoms with Gasteiger partial charge in [0.1, 0.15) is 5.75 Å². The third-order valence-corrected chi connectivity index (χ3v) is 3.60. The van der Waals surface area contributed by atoms with Gasteiger partial charge in [-0.2, -0.15) is 0 Å². The molecule has 0 atom stereocenters. The third kappa shape index (κ3) is 4.84. The molecule has 2 N–H and O–H groups in total. The van der Waals surface area contributed by atoms with Crippen molar-refractivity contribution in [2.45, 2.75) is 6.54 Å². The summed E-state index contributed by atoms with van der Waals surface area (Å²) in [6.45, 7) is 2.05. The monoisotopic (exact) mass is 335 g/mol. The lowest BCUT2D eigenvalue weighted by molar-refractivity contribution is -0.384. The zero-order valence-corrected chi connectivity index (χ0v) is 13.5. The Bertz CT molecular complexity index is 679. The Kier molecular flexibility index (Phi) is 6.19. The lowest BCUT2D eigenvalue weighted by Crippen LogP contribution is -2.22. The first-order chi connectivity index (χ1) is 11.1. The van der Waals surface area contributed by atoms with Gasteiger partial charge in [0.2, 0.25) is 0 Å². The Balaban J connectivity index is 1.78. The number of ether oxygens (including phenoxy) is 1. The maximum absolute atomic E-state index is 10.7. The molecular formula is C16H18ClN3O3. The summed E-state index contributed by atoms with van der Waals surface area (Å²) in [6.07, 6.45) is 0. The van der Waals surface area contributed by atoms with Crippen molar-refractivity contribution in [3.63, 3.8) is 0 Å². The number of hydrogen-bond acceptors (Lipinski definition) is 5. The van der Waals surface area contributed by atoms with E-state index in [0.717, 1.165) is 11.3 Å². The Morgan fingerprint density at radius 2 is 2.00 bits per heavy atom. The topological polar surface area (TPSA) is 76.4 Å². The summed E-state index contributed by atoms with van der Waals surface area (Å²) in [4.78, 5) is 10.2. The number of halogens is 1. The van der Waals surface area contributed by atoms with Crippen LogP contribution in [0.25, 0.3) is 0 Å². The summed E-state index contributed by atoms with van der Waals surface area (Å²) in [7, 11) is 1.65. The van der Waals surface area contributed by atoms with E-state index in [0.29, 0.717) is 30.3 Å². The number of nitro benzene ring substituents is 1. The number of nitrogens with one attached hydrogen (secondary N) is 2. The first-order valence-corrected chi connectivity index (χ1v) is 7.50. The Labute approximate surface area is 139 Å². The molecule has 0 aliphatic heterocycles. The fourth-order valence-corrected chi connectivity index (χ4v) is 2.36. The van der Waals surface area contributed by atoms with Crippen molar-refractivity contribution < 1.29 is 9.66 Å². The van der Waals surface area contributed by atoms with Crippen LogP contribution in [-0.2, 0) is 6.54 Å². The van der Waals surface area contributed by atoms with Crippen LogP contribution in [0.3, 0.4) is 0 Å². The minimum absolute atomic E-state index is 0.0187. The molecular weight excluding hydrogens is 318 g/mol. The van der Waals surface area contributed by atoms with Gasteiger partial charge >= 0.3 is 0 Å². The highest BCUT2D eigenvalue weighted by molar-refractivity contribution is 6.33. The first-order valence-electron chi connectivity index (χ1n) is 7.12. The van der Waals surface area contributed by atoms with Crippen LogP contribution in [0.2, 0.25) is 5.02 Å². The van der Waals surface area contributed by atoms with Crippen molar-refractivity contribution in [3.05, 3.63) is 63.2 Å². The first kappa shape index (κ1) is 17.1. The molecule has 122 valence electrons. The molecule has 0 amide bonds. The van der Waals surface area contributed by atoms with Gasteiger partial charge in [-0.3, -0.25) is 10.1 Å². The van der Waals surface area contributed by atoms with Crippen molar-refractivity contribution in [1.82, 2.24) is 5.32 Å². The predicted molar refractivity (Wildman–Crippen MR) is 91.3 cm³/mol. The van der Waals surface area contributed by atoms with Crippen molar-refractivity contribution in [2.75, 3.05) is 25.5 Å². The quantitative estimate of drug-likeness (QED) is 0.439. The molecule has 0 heterocycles. The van der Waals surface area contributed by atoms with Gasteiger partial charge in [0.15, 0.2) is 0 Å². The van der Waals surface area contributed by atoms with Gasteiger partial charge in [0.05, 0.1) is 22.7 Å². The van der Waals surface area contributed by atoms with E-state index < -0.39 is 4.92 Å². The largest absolute Gasteiger partial charge is 0.496 e. The van der Waals surface area contributed by atoms with E-state index in [1.54, 1.807) is 13.2 Å². The van der Waals surface area contributed by atoms with Crippen LogP contribution in [0.1, 0.15) is 5.56 Å². The molecule has 2 aromatic carbocycles. The molecule has 2 aromatic rings. The molecule has 0 radical (unpaired) electrons. The lowest BCUT2D eigenvalue weighted by atomic mass is 10.2. The standard InChI is InChI=1S/C16H18ClN3O3/c1-23-16-5-3-2-4-12(16)11-18-8-9-19-15-7-6-13(20(21)22)10-14(15)17/h2-7,10,18-19H,8-9,11H2,1H3. The van der Waals surface area contributed by atoms with Gasteiger partial charge in [-0.25, -0.2) is 0 Å². The van der Waals surface area contributed by atoms with Gasteiger partial charge in [0.25, 0.3) is 5.69 Å². The van der Waals surface area contributed by atoms with Gasteiger partial charge in [-0.15, -0.1) is 0 Å². The highest BCUT2D eigenvalue weighted by Crippen LogP contribution is 2.26. The molecule has 0 unspecified atom stereocenters. The van der Waals surface area contributed by atoms with Crippen LogP contribution in [0.5, 0.6) is 5.75 Å². The predicted octanol–water partition coefficient (Wildman–Crippen LogP) is 3.46. The molecule has 0 aliphatic rings. The minimum Gasteiger partial charge on any atom is -0.496 e. The van der Waals surface area contributed by atoms with Crippen LogP contribution < -0.4 is 15.4 Å². The third-order valence-electron chi connectivity index (χ3n) is 3.29. The fraction of sp³-hybridized carbons (Fsp3) is 0.250. The molecule has 2 rings (SSSR count). The van der Waals surface area contributed by atoms with E-state index in [9.17, 15) is 10.1 Å². The number of methoxy groups -OCH3 is 1. The number of non-ortho nitro benzene ring substituents is 1. The molecule has 7 heteroatoms. The van der Waals surface area contributed by atoms with E-state index in [1.807, 2.05) is 24.3 Å². The van der Waals surface area contributed by atoms with Gasteiger partial charge in [-0.1, -0.05) is 29.8 Å². The maximum Gasteiger partial charge on any atom is 0.271 e. The molecule has 0 fully saturated rings. The smallest absolute Gasteiger partial charge is 0.271 e. The highest BCUT2D eigenvalue weighted by atomic mass is 35.5. The van der Waals surface area contributed by atoms with E-state index in [1.165, 1.54) is 12.1 Å². The van der Waals surface area contributed by atoms with Crippen molar-refractivity contribution in [3.8, 4) is 5.75 Å². The van der Waals surface area contributed by atoms with Crippen molar-refractivity contribution in [2.24, 2.45) is 0 Å². The number of hydrogen-bond donors (Lipinski definition) is 2. The minimum atomic E-state index is -0.468. The van der Waals surface area contributed by atoms with Crippen molar-refractivity contribution in [1.29, 1.82) is 0 Å². The molecule has 0 aromatic heterocycles. The molecule has 0 bridgehead atoms. The van der Waals surface area contributed by atoms with Crippen LogP contribution in [-0.4, -0.2) is 25.1 Å². The molecule has 6 nitrogen and oxygen atoms in total. The SMILES string of the molecule is COc1ccccc1CNCCNc1ccc([N+](=O)[O-])cc1Cl. The van der Waals surface area contributed by atoms with Gasteiger partial charge in [0, 0.05) is 37.3 Å². The van der Waals surface area contributed by atoms with Crippen LogP contribution >= 0.6 is 11.6 Å². The normalized spacial score (nSPS) is 10.3. The van der Waals surface area contributed by atoms with E-state index in [4.69, 9.17) is 16.3 Å². The molecule has 0 saturated carbocycles. The summed E-state index contributed by atoms with van der Waals surface area (Å²) < 4.78 is 5.29. The number of rotatable bonds is 8. The Morgan fingerprint density at radius 3 is 2.70 bits per heavy atom. The highest BCUT2D eigenvalue weighted by Gasteiger charge is 2.08. The summed E-state index contributed by atoms with van der Waals surface area (Å²) in [5.74, 6) is 0.853. The van der Waals surface area contributed by atoms with Crippen LogP contribution in [0.15, 0.2) is 42.5 Å². The lowest BCUT2D eigenvalue weighted by Gasteiger charge is -2.11. The number of nitrogens with zero attached hydrogens (tertiary/aromatic N) is 1.